The summed E-state index contributed by atoms with van der Waals surface area (Å²) < 4.78 is 17.6. The Balaban J connectivity index is 1.08. The van der Waals surface area contributed by atoms with Gasteiger partial charge in [-0.3, -0.25) is 5.32 Å². The highest BCUT2D eigenvalue weighted by atomic mass is 35.5. The third kappa shape index (κ3) is 6.46. The van der Waals surface area contributed by atoms with E-state index in [0.29, 0.717) is 62.5 Å². The highest BCUT2D eigenvalue weighted by molar-refractivity contribution is 7.20. The van der Waals surface area contributed by atoms with Crippen molar-refractivity contribution in [3.63, 3.8) is 0 Å². The highest BCUT2D eigenvalue weighted by Crippen LogP contribution is 2.33. The summed E-state index contributed by atoms with van der Waals surface area (Å²) in [6.45, 7) is 3.17. The summed E-state index contributed by atoms with van der Waals surface area (Å²) >= 11 is 9.51. The number of nitrogens with one attached hydrogen (secondary N) is 2. The average molecular weight is 597 g/mol. The van der Waals surface area contributed by atoms with Crippen LogP contribution in [0, 0.1) is 11.8 Å². The van der Waals surface area contributed by atoms with E-state index < -0.39 is 0 Å². The molecule has 1 amide bonds. The normalized spacial score (nSPS) is 18.8. The van der Waals surface area contributed by atoms with Crippen molar-refractivity contribution in [2.24, 2.45) is 0 Å². The second-order valence-corrected chi connectivity index (χ2v) is 11.5. The molecule has 0 spiro atoms. The Kier molecular flexibility index (Phi) is 8.27. The maximum Gasteiger partial charge on any atom is 0.410 e. The van der Waals surface area contributed by atoms with E-state index in [1.165, 1.54) is 29.0 Å². The summed E-state index contributed by atoms with van der Waals surface area (Å²) in [4.78, 5) is 28.0. The van der Waals surface area contributed by atoms with E-state index in [2.05, 4.69) is 37.4 Å². The lowest BCUT2D eigenvalue weighted by Gasteiger charge is -2.27. The lowest BCUT2D eigenvalue weighted by atomic mass is 10.2. The van der Waals surface area contributed by atoms with Crippen molar-refractivity contribution in [1.82, 2.24) is 25.2 Å². The second kappa shape index (κ2) is 12.4. The molecular formula is C27H25ClN6O4S2. The molecule has 6 rings (SSSR count). The Morgan fingerprint density at radius 3 is 2.98 bits per heavy atom. The zero-order chi connectivity index (χ0) is 27.3. The molecule has 3 aromatic heterocycles. The molecule has 10 nitrogen and oxygen atoms in total. The summed E-state index contributed by atoms with van der Waals surface area (Å²) in [6, 6.07) is 7.40. The van der Waals surface area contributed by atoms with Crippen molar-refractivity contribution < 1.29 is 19.0 Å². The second-order valence-electron chi connectivity index (χ2n) is 9.10. The first kappa shape index (κ1) is 26.7. The van der Waals surface area contributed by atoms with Crippen molar-refractivity contribution in [3.05, 3.63) is 57.1 Å². The van der Waals surface area contributed by atoms with Gasteiger partial charge in [-0.15, -0.1) is 22.7 Å². The first-order valence-electron chi connectivity index (χ1n) is 12.7. The number of fused-ring (bicyclic) bond motifs is 1. The number of rotatable bonds is 6. The van der Waals surface area contributed by atoms with E-state index in [9.17, 15) is 4.79 Å². The van der Waals surface area contributed by atoms with Crippen LogP contribution in [-0.4, -0.2) is 70.9 Å². The molecule has 0 aliphatic carbocycles. The zero-order valence-corrected chi connectivity index (χ0v) is 23.7. The fourth-order valence-electron chi connectivity index (χ4n) is 4.33. The van der Waals surface area contributed by atoms with Gasteiger partial charge in [0, 0.05) is 43.3 Å². The minimum absolute atomic E-state index is 0.0603. The number of halogens is 1. The number of hydrogen-bond acceptors (Lipinski definition) is 11. The van der Waals surface area contributed by atoms with Gasteiger partial charge < -0.3 is 24.4 Å². The molecule has 0 radical (unpaired) electrons. The number of aromatic nitrogens is 3. The van der Waals surface area contributed by atoms with Crippen LogP contribution < -0.4 is 15.4 Å². The van der Waals surface area contributed by atoms with E-state index >= 15 is 0 Å². The largest absolute Gasteiger partial charge is 0.485 e. The Morgan fingerprint density at radius 2 is 2.15 bits per heavy atom. The van der Waals surface area contributed by atoms with Crippen molar-refractivity contribution in [2.45, 2.75) is 25.2 Å². The molecule has 2 saturated heterocycles. The fourth-order valence-corrected chi connectivity index (χ4v) is 6.01. The van der Waals surface area contributed by atoms with Crippen molar-refractivity contribution in [1.29, 1.82) is 0 Å². The van der Waals surface area contributed by atoms with Crippen LogP contribution in [0.5, 0.6) is 5.75 Å². The van der Waals surface area contributed by atoms with Crippen LogP contribution in [0.1, 0.15) is 16.3 Å². The Hall–Kier alpha value is -3.47. The molecule has 2 fully saturated rings. The van der Waals surface area contributed by atoms with Gasteiger partial charge in [0.25, 0.3) is 0 Å². The molecule has 206 valence electrons. The number of thiazole rings is 1. The number of nitrogens with zero attached hydrogens (tertiary/aromatic N) is 4. The van der Waals surface area contributed by atoms with E-state index in [1.807, 2.05) is 23.6 Å². The fraction of sp³-hybridized carbons (Fsp3) is 0.333. The number of carbonyl (C=O) groups excluding carboxylic acids is 1. The van der Waals surface area contributed by atoms with Gasteiger partial charge in [-0.25, -0.2) is 19.7 Å². The Bertz CT molecular complexity index is 1550. The van der Waals surface area contributed by atoms with Gasteiger partial charge in [0.05, 0.1) is 39.4 Å². The summed E-state index contributed by atoms with van der Waals surface area (Å²) in [7, 11) is 0. The predicted molar refractivity (Wildman–Crippen MR) is 155 cm³/mol. The summed E-state index contributed by atoms with van der Waals surface area (Å²) in [5, 5.41) is 9.95. The third-order valence-corrected chi connectivity index (χ3v) is 8.43. The molecular weight excluding hydrogens is 572 g/mol. The molecule has 40 heavy (non-hydrogen) atoms. The first-order valence-corrected chi connectivity index (χ1v) is 14.8. The van der Waals surface area contributed by atoms with Crippen LogP contribution in [0.3, 0.4) is 0 Å². The van der Waals surface area contributed by atoms with Gasteiger partial charge in [-0.05, 0) is 24.3 Å². The van der Waals surface area contributed by atoms with Crippen LogP contribution in [0.2, 0.25) is 5.02 Å². The monoisotopic (exact) mass is 596 g/mol. The molecule has 0 saturated carbocycles. The van der Waals surface area contributed by atoms with E-state index in [4.69, 9.17) is 25.8 Å². The summed E-state index contributed by atoms with van der Waals surface area (Å²) in [5.41, 5.74) is 1.58. The Morgan fingerprint density at radius 1 is 1.25 bits per heavy atom. The van der Waals surface area contributed by atoms with Crippen molar-refractivity contribution >= 4 is 62.1 Å². The summed E-state index contributed by atoms with van der Waals surface area (Å²) in [5.74, 6) is 7.77. The predicted octanol–water partition coefficient (Wildman–Crippen LogP) is 4.67. The first-order chi connectivity index (χ1) is 19.6. The molecule has 0 bridgehead atoms. The van der Waals surface area contributed by atoms with E-state index in [1.54, 1.807) is 17.2 Å². The van der Waals surface area contributed by atoms with Crippen LogP contribution in [0.15, 0.2) is 42.2 Å². The topological polar surface area (TPSA) is 111 Å². The maximum absolute atomic E-state index is 12.4. The SMILES string of the molecule is O=C(OC1CNC(C#Cc2cc3ncnc(Nc4ccc(OCc5nccs5)c(Cl)c4)c3s2)C1)N1CCOCC1. The minimum Gasteiger partial charge on any atom is -0.485 e. The lowest BCUT2D eigenvalue weighted by Crippen LogP contribution is -2.42. The number of carbonyl (C=O) groups is 1. The summed E-state index contributed by atoms with van der Waals surface area (Å²) in [6.07, 6.45) is 3.43. The van der Waals surface area contributed by atoms with Gasteiger partial charge >= 0.3 is 6.09 Å². The van der Waals surface area contributed by atoms with Gasteiger partial charge in [0.1, 0.15) is 29.8 Å². The zero-order valence-electron chi connectivity index (χ0n) is 21.3. The molecule has 2 atom stereocenters. The van der Waals surface area contributed by atoms with Crippen LogP contribution in [0.4, 0.5) is 16.3 Å². The lowest BCUT2D eigenvalue weighted by molar-refractivity contribution is 0.0156. The van der Waals surface area contributed by atoms with Crippen molar-refractivity contribution in [2.75, 3.05) is 38.2 Å². The molecule has 2 aliphatic rings. The molecule has 2 N–H and O–H groups in total. The molecule has 2 aliphatic heterocycles. The Labute approximate surface area is 243 Å². The van der Waals surface area contributed by atoms with Gasteiger partial charge in [0.2, 0.25) is 0 Å². The smallest absolute Gasteiger partial charge is 0.410 e. The number of morpholine rings is 1. The highest BCUT2D eigenvalue weighted by Gasteiger charge is 2.28. The van der Waals surface area contributed by atoms with Gasteiger partial charge in [-0.2, -0.15) is 0 Å². The molecule has 5 heterocycles. The third-order valence-electron chi connectivity index (χ3n) is 6.34. The van der Waals surface area contributed by atoms with Gasteiger partial charge in [0.15, 0.2) is 5.82 Å². The molecule has 1 aromatic carbocycles. The van der Waals surface area contributed by atoms with Crippen LogP contribution in [0.25, 0.3) is 10.2 Å². The van der Waals surface area contributed by atoms with Crippen molar-refractivity contribution in [3.8, 4) is 17.6 Å². The molecule has 2 unspecified atom stereocenters. The number of ether oxygens (including phenoxy) is 3. The number of benzene rings is 1. The molecule has 4 aromatic rings. The molecule has 13 heteroatoms. The van der Waals surface area contributed by atoms with Crippen LogP contribution in [-0.2, 0) is 16.1 Å². The number of amides is 1. The standard InChI is InChI=1S/C27H25ClN6O4S2/c28-21-12-18(2-4-23(21)37-15-24-29-5-10-39-24)33-26-25-22(31-16-32-26)13-20(40-25)3-1-17-11-19(14-30-17)38-27(35)34-6-8-36-9-7-34/h2,4-5,10,12-13,16-17,19,30H,6-9,11,14-15H2,(H,31,32,33). The number of anilines is 2. The quantitative estimate of drug-likeness (QED) is 0.307. The van der Waals surface area contributed by atoms with Crippen LogP contribution >= 0.6 is 34.3 Å². The van der Waals surface area contributed by atoms with E-state index in [0.717, 1.165) is 25.8 Å². The number of hydrogen-bond donors (Lipinski definition) is 2. The maximum atomic E-state index is 12.4. The minimum atomic E-state index is -0.286. The van der Waals surface area contributed by atoms with E-state index in [-0.39, 0.29) is 18.2 Å². The number of thiophene rings is 1. The van der Waals surface area contributed by atoms with Gasteiger partial charge in [-0.1, -0.05) is 23.4 Å². The average Bonchev–Trinajstić information content (AvgIpc) is 3.74.